The van der Waals surface area contributed by atoms with Crippen molar-refractivity contribution in [2.24, 2.45) is 10.4 Å². The number of ether oxygens (including phenoxy) is 2. The molecule has 4 rings (SSSR count). The van der Waals surface area contributed by atoms with Crippen LogP contribution in [0, 0.1) is 5.41 Å². The van der Waals surface area contributed by atoms with E-state index >= 15 is 0 Å². The molecule has 1 N–H and O–H groups in total. The molecule has 30 heavy (non-hydrogen) atoms. The smallest absolute Gasteiger partial charge is 0.193 e. The van der Waals surface area contributed by atoms with Gasteiger partial charge in [-0.3, -0.25) is 9.89 Å². The Morgan fingerprint density at radius 2 is 2.00 bits per heavy atom. The summed E-state index contributed by atoms with van der Waals surface area (Å²) in [7, 11) is 3.67. The van der Waals surface area contributed by atoms with E-state index in [-0.39, 0.29) is 30.0 Å². The molecule has 3 heterocycles. The van der Waals surface area contributed by atoms with Crippen LogP contribution in [0.15, 0.2) is 29.3 Å². The first-order chi connectivity index (χ1) is 14.2. The molecule has 3 saturated heterocycles. The molecule has 0 radical (unpaired) electrons. The van der Waals surface area contributed by atoms with E-state index < -0.39 is 0 Å². The first kappa shape index (κ1) is 23.6. The fourth-order valence-corrected chi connectivity index (χ4v) is 5.22. The van der Waals surface area contributed by atoms with Gasteiger partial charge in [0.1, 0.15) is 5.75 Å². The van der Waals surface area contributed by atoms with Gasteiger partial charge in [-0.05, 0) is 44.8 Å². The Hall–Kier alpha value is -1.06. The topological polar surface area (TPSA) is 49.3 Å². The number of halogens is 1. The number of nitrogens with one attached hydrogen (secondary N) is 1. The summed E-state index contributed by atoms with van der Waals surface area (Å²) in [6.45, 7) is 7.05. The van der Waals surface area contributed by atoms with E-state index in [4.69, 9.17) is 9.47 Å². The van der Waals surface area contributed by atoms with E-state index in [0.717, 1.165) is 57.6 Å². The van der Waals surface area contributed by atoms with Crippen molar-refractivity contribution in [1.29, 1.82) is 0 Å². The normalized spacial score (nSPS) is 25.9. The second kappa shape index (κ2) is 11.0. The van der Waals surface area contributed by atoms with Gasteiger partial charge in [0.15, 0.2) is 5.96 Å². The lowest BCUT2D eigenvalue weighted by atomic mass is 9.87. The van der Waals surface area contributed by atoms with Crippen molar-refractivity contribution in [2.75, 3.05) is 60.1 Å². The number of nitrogens with zero attached hydrogens (tertiary/aromatic N) is 3. The zero-order valence-electron chi connectivity index (χ0n) is 18.4. The quantitative estimate of drug-likeness (QED) is 0.360. The van der Waals surface area contributed by atoms with Crippen molar-refractivity contribution in [3.05, 3.63) is 29.8 Å². The zero-order valence-corrected chi connectivity index (χ0v) is 20.8. The monoisotopic (exact) mass is 528 g/mol. The minimum absolute atomic E-state index is 0. The molecule has 0 aromatic heterocycles. The summed E-state index contributed by atoms with van der Waals surface area (Å²) < 4.78 is 11.4. The molecule has 6 nitrogen and oxygen atoms in total. The van der Waals surface area contributed by atoms with E-state index in [1.165, 1.54) is 37.7 Å². The highest BCUT2D eigenvalue weighted by molar-refractivity contribution is 14.0. The molecule has 168 valence electrons. The second-order valence-electron chi connectivity index (χ2n) is 8.76. The van der Waals surface area contributed by atoms with E-state index in [1.807, 2.05) is 7.05 Å². The maximum atomic E-state index is 5.70. The molecular formula is C23H37IN4O2. The standard InChI is InChI=1S/C23H36N4O2.HI/c1-24-22(27-14-10-23(17-27)11-15-29-18-23)25-16-20(26-12-6-3-7-13-26)19-8-4-5-9-21(19)28-2;/h4-5,8-9,20H,3,6-7,10-18H2,1-2H3,(H,24,25);1H. The number of aliphatic imine (C=N–C) groups is 1. The molecule has 0 bridgehead atoms. The number of hydrogen-bond acceptors (Lipinski definition) is 4. The highest BCUT2D eigenvalue weighted by atomic mass is 127. The number of rotatable bonds is 5. The number of piperidine rings is 1. The Balaban J connectivity index is 0.00000256. The third-order valence-corrected chi connectivity index (χ3v) is 6.92. The zero-order chi connectivity index (χ0) is 20.1. The summed E-state index contributed by atoms with van der Waals surface area (Å²) in [5.74, 6) is 1.99. The summed E-state index contributed by atoms with van der Waals surface area (Å²) in [6.07, 6.45) is 6.26. The van der Waals surface area contributed by atoms with Gasteiger partial charge in [0.2, 0.25) is 0 Å². The van der Waals surface area contributed by atoms with Crippen molar-refractivity contribution in [3.63, 3.8) is 0 Å². The van der Waals surface area contributed by atoms with Gasteiger partial charge >= 0.3 is 0 Å². The Bertz CT molecular complexity index is 702. The highest BCUT2D eigenvalue weighted by Gasteiger charge is 2.42. The number of para-hydroxylation sites is 1. The van der Waals surface area contributed by atoms with E-state index in [9.17, 15) is 0 Å². The molecule has 0 amide bonds. The Kier molecular flexibility index (Phi) is 8.65. The van der Waals surface area contributed by atoms with Gasteiger partial charge in [0.25, 0.3) is 0 Å². The lowest BCUT2D eigenvalue weighted by molar-refractivity contribution is 0.155. The van der Waals surface area contributed by atoms with Crippen molar-refractivity contribution in [3.8, 4) is 5.75 Å². The van der Waals surface area contributed by atoms with Crippen molar-refractivity contribution in [2.45, 2.75) is 38.1 Å². The number of guanidine groups is 1. The van der Waals surface area contributed by atoms with Gasteiger partial charge in [-0.2, -0.15) is 0 Å². The summed E-state index contributed by atoms with van der Waals surface area (Å²) in [5, 5.41) is 3.70. The fraction of sp³-hybridized carbons (Fsp3) is 0.696. The van der Waals surface area contributed by atoms with Crippen molar-refractivity contribution >= 4 is 29.9 Å². The molecule has 0 aliphatic carbocycles. The average Bonchev–Trinajstić information content (AvgIpc) is 3.42. The molecule has 1 spiro atoms. The largest absolute Gasteiger partial charge is 0.496 e. The van der Waals surface area contributed by atoms with Gasteiger partial charge in [-0.15, -0.1) is 24.0 Å². The van der Waals surface area contributed by atoms with E-state index in [2.05, 4.69) is 44.4 Å². The Morgan fingerprint density at radius 3 is 2.70 bits per heavy atom. The van der Waals surface area contributed by atoms with Crippen molar-refractivity contribution in [1.82, 2.24) is 15.1 Å². The highest BCUT2D eigenvalue weighted by Crippen LogP contribution is 2.38. The molecule has 3 aliphatic rings. The van der Waals surface area contributed by atoms with Crippen LogP contribution in [0.5, 0.6) is 5.75 Å². The molecule has 2 unspecified atom stereocenters. The van der Waals surface area contributed by atoms with Gasteiger partial charge in [-0.1, -0.05) is 24.6 Å². The second-order valence-corrected chi connectivity index (χ2v) is 8.76. The molecule has 3 aliphatic heterocycles. The lowest BCUT2D eigenvalue weighted by Crippen LogP contribution is -2.46. The molecule has 1 aromatic carbocycles. The minimum Gasteiger partial charge on any atom is -0.496 e. The van der Waals surface area contributed by atoms with Crippen molar-refractivity contribution < 1.29 is 9.47 Å². The Labute approximate surface area is 198 Å². The van der Waals surface area contributed by atoms with E-state index in [0.29, 0.717) is 5.41 Å². The summed E-state index contributed by atoms with van der Waals surface area (Å²) in [6, 6.07) is 8.74. The van der Waals surface area contributed by atoms with Gasteiger partial charge in [0.05, 0.1) is 19.8 Å². The number of hydrogen-bond donors (Lipinski definition) is 1. The van der Waals surface area contributed by atoms with Crippen LogP contribution < -0.4 is 10.1 Å². The molecular weight excluding hydrogens is 491 g/mol. The lowest BCUT2D eigenvalue weighted by Gasteiger charge is -2.36. The summed E-state index contributed by atoms with van der Waals surface area (Å²) >= 11 is 0. The van der Waals surface area contributed by atoms with Gasteiger partial charge in [0, 0.05) is 44.3 Å². The van der Waals surface area contributed by atoms with Crippen LogP contribution in [0.4, 0.5) is 0 Å². The minimum atomic E-state index is 0. The molecule has 0 saturated carbocycles. The Morgan fingerprint density at radius 1 is 1.20 bits per heavy atom. The molecule has 2 atom stereocenters. The van der Waals surface area contributed by atoms with Gasteiger partial charge in [-0.25, -0.2) is 0 Å². The van der Waals surface area contributed by atoms with Crippen LogP contribution in [-0.4, -0.2) is 75.9 Å². The first-order valence-corrected chi connectivity index (χ1v) is 11.1. The van der Waals surface area contributed by atoms with Crippen LogP contribution in [0.2, 0.25) is 0 Å². The number of likely N-dealkylation sites (tertiary alicyclic amines) is 2. The van der Waals surface area contributed by atoms with Crippen LogP contribution in [0.25, 0.3) is 0 Å². The maximum absolute atomic E-state index is 5.70. The molecule has 7 heteroatoms. The van der Waals surface area contributed by atoms with Crippen LogP contribution >= 0.6 is 24.0 Å². The van der Waals surface area contributed by atoms with E-state index in [1.54, 1.807) is 7.11 Å². The van der Waals surface area contributed by atoms with Gasteiger partial charge < -0.3 is 19.7 Å². The summed E-state index contributed by atoms with van der Waals surface area (Å²) in [4.78, 5) is 9.65. The SMILES string of the molecule is CN=C(NCC(c1ccccc1OC)N1CCCCC1)N1CCC2(CCOC2)C1.I. The number of benzene rings is 1. The number of methoxy groups -OCH3 is 1. The summed E-state index contributed by atoms with van der Waals surface area (Å²) in [5.41, 5.74) is 1.61. The predicted octanol–water partition coefficient (Wildman–Crippen LogP) is 3.53. The molecule has 3 fully saturated rings. The van der Waals surface area contributed by atoms with Crippen LogP contribution in [0.3, 0.4) is 0 Å². The maximum Gasteiger partial charge on any atom is 0.193 e. The van der Waals surface area contributed by atoms with Crippen LogP contribution in [-0.2, 0) is 4.74 Å². The third kappa shape index (κ3) is 5.22. The average molecular weight is 528 g/mol. The first-order valence-electron chi connectivity index (χ1n) is 11.1. The fourth-order valence-electron chi connectivity index (χ4n) is 5.22. The molecule has 1 aromatic rings. The predicted molar refractivity (Wildman–Crippen MR) is 132 cm³/mol. The third-order valence-electron chi connectivity index (χ3n) is 6.92. The van der Waals surface area contributed by atoms with Crippen LogP contribution in [0.1, 0.15) is 43.7 Å².